The molecule has 1 unspecified atom stereocenters. The molecular weight excluding hydrogens is 218 g/mol. The summed E-state index contributed by atoms with van der Waals surface area (Å²) >= 11 is 0. The lowest BCUT2D eigenvalue weighted by molar-refractivity contribution is 0.0609. The molecule has 0 saturated heterocycles. The lowest BCUT2D eigenvalue weighted by atomic mass is 10.0. The van der Waals surface area contributed by atoms with E-state index in [1.165, 1.54) is 4.90 Å². The Morgan fingerprint density at radius 1 is 1.06 bits per heavy atom. The summed E-state index contributed by atoms with van der Waals surface area (Å²) in [6.07, 6.45) is -0.642. The van der Waals surface area contributed by atoms with Gasteiger partial charge in [0.2, 0.25) is 0 Å². The highest BCUT2D eigenvalue weighted by Crippen LogP contribution is 2.27. The molecule has 90 valence electrons. The smallest absolute Gasteiger partial charge is 0.261 e. The van der Waals surface area contributed by atoms with Crippen molar-refractivity contribution in [1.29, 1.82) is 0 Å². The Bertz CT molecular complexity index is 491. The quantitative estimate of drug-likeness (QED) is 0.792. The number of carbonyl (C=O) groups excluding carboxylic acids is 2. The summed E-state index contributed by atoms with van der Waals surface area (Å²) in [5.41, 5.74) is 1.46. The SMILES string of the molecule is CC(O)c1ccc2c(c1)C(=O)N(C(C)C)C2=O. The molecule has 1 N–H and O–H groups in total. The van der Waals surface area contributed by atoms with Gasteiger partial charge in [-0.25, -0.2) is 0 Å². The van der Waals surface area contributed by atoms with Crippen LogP contribution in [0.3, 0.4) is 0 Å². The molecule has 2 rings (SSSR count). The minimum absolute atomic E-state index is 0.155. The minimum Gasteiger partial charge on any atom is -0.389 e. The van der Waals surface area contributed by atoms with E-state index in [-0.39, 0.29) is 17.9 Å². The number of nitrogens with zero attached hydrogens (tertiary/aromatic N) is 1. The van der Waals surface area contributed by atoms with Gasteiger partial charge in [0.05, 0.1) is 17.2 Å². The van der Waals surface area contributed by atoms with Crippen LogP contribution in [0, 0.1) is 0 Å². The van der Waals surface area contributed by atoms with Gasteiger partial charge in [0, 0.05) is 6.04 Å². The number of hydrogen-bond acceptors (Lipinski definition) is 3. The minimum atomic E-state index is -0.642. The van der Waals surface area contributed by atoms with Gasteiger partial charge in [-0.2, -0.15) is 0 Å². The summed E-state index contributed by atoms with van der Waals surface area (Å²) in [4.78, 5) is 25.3. The number of benzene rings is 1. The van der Waals surface area contributed by atoms with Crippen molar-refractivity contribution in [3.63, 3.8) is 0 Å². The molecule has 1 aliphatic rings. The van der Waals surface area contributed by atoms with Gasteiger partial charge in [-0.15, -0.1) is 0 Å². The lowest BCUT2D eigenvalue weighted by Crippen LogP contribution is -2.35. The third-order valence-corrected chi connectivity index (χ3v) is 2.94. The maximum Gasteiger partial charge on any atom is 0.261 e. The van der Waals surface area contributed by atoms with Crippen LogP contribution in [0.15, 0.2) is 18.2 Å². The van der Waals surface area contributed by atoms with E-state index in [1.54, 1.807) is 39.0 Å². The molecule has 0 aliphatic carbocycles. The molecule has 4 nitrogen and oxygen atoms in total. The number of amides is 2. The second kappa shape index (κ2) is 3.96. The first-order valence-electron chi connectivity index (χ1n) is 5.63. The van der Waals surface area contributed by atoms with Gasteiger partial charge >= 0.3 is 0 Å². The monoisotopic (exact) mass is 233 g/mol. The Morgan fingerprint density at radius 3 is 2.18 bits per heavy atom. The maximum absolute atomic E-state index is 12.0. The highest BCUT2D eigenvalue weighted by Gasteiger charge is 2.37. The molecule has 0 saturated carbocycles. The molecule has 0 bridgehead atoms. The van der Waals surface area contributed by atoms with Gasteiger partial charge in [0.25, 0.3) is 11.8 Å². The van der Waals surface area contributed by atoms with Crippen molar-refractivity contribution >= 4 is 11.8 Å². The Morgan fingerprint density at radius 2 is 1.65 bits per heavy atom. The third kappa shape index (κ3) is 1.74. The molecule has 0 fully saturated rings. The largest absolute Gasteiger partial charge is 0.389 e. The van der Waals surface area contributed by atoms with Crippen LogP contribution in [-0.4, -0.2) is 27.9 Å². The first-order chi connectivity index (χ1) is 7.93. The number of hydrogen-bond donors (Lipinski definition) is 1. The summed E-state index contributed by atoms with van der Waals surface area (Å²) in [7, 11) is 0. The number of imide groups is 1. The van der Waals surface area contributed by atoms with Crippen molar-refractivity contribution in [2.75, 3.05) is 0 Å². The van der Waals surface area contributed by atoms with Crippen molar-refractivity contribution in [3.05, 3.63) is 34.9 Å². The van der Waals surface area contributed by atoms with E-state index in [9.17, 15) is 14.7 Å². The van der Waals surface area contributed by atoms with Crippen LogP contribution in [0.2, 0.25) is 0 Å². The second-order valence-corrected chi connectivity index (χ2v) is 4.56. The Balaban J connectivity index is 2.51. The highest BCUT2D eigenvalue weighted by molar-refractivity contribution is 6.21. The fourth-order valence-corrected chi connectivity index (χ4v) is 2.01. The molecule has 1 aromatic rings. The summed E-state index contributed by atoms with van der Waals surface area (Å²) in [6.45, 7) is 5.23. The predicted octanol–water partition coefficient (Wildman–Crippen LogP) is 1.74. The van der Waals surface area contributed by atoms with E-state index in [2.05, 4.69) is 0 Å². The molecule has 1 atom stereocenters. The van der Waals surface area contributed by atoms with Crippen LogP contribution in [0.5, 0.6) is 0 Å². The van der Waals surface area contributed by atoms with Crippen molar-refractivity contribution in [2.45, 2.75) is 32.9 Å². The summed E-state index contributed by atoms with van der Waals surface area (Å²) in [5.74, 6) is -0.528. The van der Waals surface area contributed by atoms with Gasteiger partial charge in [-0.1, -0.05) is 6.07 Å². The average Bonchev–Trinajstić information content (AvgIpc) is 2.51. The molecule has 2 amide bonds. The summed E-state index contributed by atoms with van der Waals surface area (Å²) in [6, 6.07) is 4.73. The van der Waals surface area contributed by atoms with Gasteiger partial charge < -0.3 is 5.11 Å². The van der Waals surface area contributed by atoms with Gasteiger partial charge in [-0.3, -0.25) is 14.5 Å². The predicted molar refractivity (Wildman–Crippen MR) is 62.7 cm³/mol. The zero-order chi connectivity index (χ0) is 12.7. The normalized spacial score (nSPS) is 16.6. The van der Waals surface area contributed by atoms with E-state index in [0.717, 1.165) is 0 Å². The number of rotatable bonds is 2. The zero-order valence-electron chi connectivity index (χ0n) is 10.1. The van der Waals surface area contributed by atoms with Gasteiger partial charge in [-0.05, 0) is 38.5 Å². The van der Waals surface area contributed by atoms with Crippen molar-refractivity contribution in [3.8, 4) is 0 Å². The van der Waals surface area contributed by atoms with Crippen LogP contribution in [0.4, 0.5) is 0 Å². The fraction of sp³-hybridized carbons (Fsp3) is 0.385. The van der Waals surface area contributed by atoms with Crippen LogP contribution < -0.4 is 0 Å². The molecule has 4 heteroatoms. The van der Waals surface area contributed by atoms with E-state index < -0.39 is 6.10 Å². The fourth-order valence-electron chi connectivity index (χ4n) is 2.01. The number of fused-ring (bicyclic) bond motifs is 1. The van der Waals surface area contributed by atoms with Crippen LogP contribution in [0.25, 0.3) is 0 Å². The lowest BCUT2D eigenvalue weighted by Gasteiger charge is -2.17. The van der Waals surface area contributed by atoms with Crippen molar-refractivity contribution < 1.29 is 14.7 Å². The standard InChI is InChI=1S/C13H15NO3/c1-7(2)14-12(16)10-5-4-9(8(3)15)6-11(10)13(14)17/h4-8,15H,1-3H3. The molecule has 1 aliphatic heterocycles. The molecular formula is C13H15NO3. The van der Waals surface area contributed by atoms with E-state index >= 15 is 0 Å². The number of aliphatic hydroxyl groups is 1. The molecule has 0 aromatic heterocycles. The Kier molecular flexibility index (Phi) is 2.75. The van der Waals surface area contributed by atoms with E-state index in [4.69, 9.17) is 0 Å². The molecule has 0 radical (unpaired) electrons. The molecule has 1 heterocycles. The van der Waals surface area contributed by atoms with E-state index in [0.29, 0.717) is 16.7 Å². The average molecular weight is 233 g/mol. The first kappa shape index (κ1) is 11.8. The van der Waals surface area contributed by atoms with Gasteiger partial charge in [0.15, 0.2) is 0 Å². The summed E-state index contributed by atoms with van der Waals surface area (Å²) < 4.78 is 0. The van der Waals surface area contributed by atoms with Crippen LogP contribution in [0.1, 0.15) is 53.2 Å². The maximum atomic E-state index is 12.0. The third-order valence-electron chi connectivity index (χ3n) is 2.94. The molecule has 1 aromatic carbocycles. The van der Waals surface area contributed by atoms with Crippen molar-refractivity contribution in [2.24, 2.45) is 0 Å². The Hall–Kier alpha value is -1.68. The van der Waals surface area contributed by atoms with E-state index in [1.807, 2.05) is 0 Å². The van der Waals surface area contributed by atoms with Crippen molar-refractivity contribution in [1.82, 2.24) is 4.90 Å². The summed E-state index contributed by atoms with van der Waals surface area (Å²) in [5, 5.41) is 9.47. The first-order valence-corrected chi connectivity index (χ1v) is 5.63. The Labute approximate surface area is 99.9 Å². The highest BCUT2D eigenvalue weighted by atomic mass is 16.3. The molecule has 17 heavy (non-hydrogen) atoms. The second-order valence-electron chi connectivity index (χ2n) is 4.56. The van der Waals surface area contributed by atoms with Crippen LogP contribution in [-0.2, 0) is 0 Å². The van der Waals surface area contributed by atoms with Crippen LogP contribution >= 0.6 is 0 Å². The van der Waals surface area contributed by atoms with Gasteiger partial charge in [0.1, 0.15) is 0 Å². The number of carbonyl (C=O) groups is 2. The topological polar surface area (TPSA) is 57.6 Å². The molecule has 0 spiro atoms. The number of aliphatic hydroxyl groups excluding tert-OH is 1. The zero-order valence-corrected chi connectivity index (χ0v) is 10.1.